The van der Waals surface area contributed by atoms with E-state index in [0.717, 1.165) is 53.6 Å². The fourth-order valence-corrected chi connectivity index (χ4v) is 4.07. The Bertz CT molecular complexity index is 1310. The Morgan fingerprint density at radius 1 is 1.13 bits per heavy atom. The molecule has 0 radical (unpaired) electrons. The molecule has 0 aliphatic heterocycles. The van der Waals surface area contributed by atoms with Crippen LogP contribution in [0.1, 0.15) is 31.2 Å². The molecular formula is C23H20ClFN6. The van der Waals surface area contributed by atoms with Gasteiger partial charge >= 0.3 is 0 Å². The summed E-state index contributed by atoms with van der Waals surface area (Å²) < 4.78 is 15.3. The smallest absolute Gasteiger partial charge is 0.223 e. The standard InChI is InChI=1S/C23H20ClFN6/c24-23(8-9-23)14-11-18-20(17-7-10-27-22(29-17)28-16-5-6-16)21(30-31(18)19(26)12-14)13-1-3-15(25)4-2-13/h1-4,7,10-12,16H,5-6,8-9,26H2,(H,27,28,29). The number of pyridine rings is 1. The zero-order valence-electron chi connectivity index (χ0n) is 16.6. The van der Waals surface area contributed by atoms with Crippen LogP contribution < -0.4 is 11.1 Å². The highest BCUT2D eigenvalue weighted by Crippen LogP contribution is 2.53. The molecule has 156 valence electrons. The number of hydrogen-bond donors (Lipinski definition) is 2. The Morgan fingerprint density at radius 2 is 1.90 bits per heavy atom. The summed E-state index contributed by atoms with van der Waals surface area (Å²) in [6.07, 6.45) is 5.83. The van der Waals surface area contributed by atoms with E-state index >= 15 is 0 Å². The van der Waals surface area contributed by atoms with Gasteiger partial charge in [0.15, 0.2) is 0 Å². The summed E-state index contributed by atoms with van der Waals surface area (Å²) in [5.41, 5.74) is 11.2. The average molecular weight is 435 g/mol. The first-order valence-corrected chi connectivity index (χ1v) is 10.8. The maximum absolute atomic E-state index is 13.6. The fourth-order valence-electron chi connectivity index (χ4n) is 3.87. The van der Waals surface area contributed by atoms with Gasteiger partial charge in [-0.3, -0.25) is 0 Å². The third-order valence-electron chi connectivity index (χ3n) is 5.91. The van der Waals surface area contributed by atoms with Gasteiger partial charge in [0.1, 0.15) is 17.3 Å². The van der Waals surface area contributed by atoms with E-state index in [9.17, 15) is 4.39 Å². The molecule has 3 aromatic heterocycles. The maximum atomic E-state index is 13.6. The van der Waals surface area contributed by atoms with Crippen LogP contribution in [0.4, 0.5) is 16.2 Å². The summed E-state index contributed by atoms with van der Waals surface area (Å²) >= 11 is 6.71. The van der Waals surface area contributed by atoms with Crippen LogP contribution in [0.15, 0.2) is 48.7 Å². The molecule has 2 saturated carbocycles. The highest BCUT2D eigenvalue weighted by molar-refractivity contribution is 6.26. The van der Waals surface area contributed by atoms with Crippen molar-refractivity contribution >= 4 is 28.9 Å². The van der Waals surface area contributed by atoms with Crippen LogP contribution in [-0.2, 0) is 4.87 Å². The third-order valence-corrected chi connectivity index (χ3v) is 6.50. The van der Waals surface area contributed by atoms with Crippen molar-refractivity contribution in [1.82, 2.24) is 19.6 Å². The largest absolute Gasteiger partial charge is 0.384 e. The first-order valence-electron chi connectivity index (χ1n) is 10.4. The topological polar surface area (TPSA) is 81.1 Å². The summed E-state index contributed by atoms with van der Waals surface area (Å²) in [6.45, 7) is 0. The molecule has 0 atom stereocenters. The number of rotatable bonds is 5. The van der Waals surface area contributed by atoms with Crippen LogP contribution in [0.25, 0.3) is 28.0 Å². The van der Waals surface area contributed by atoms with Crippen LogP contribution >= 0.6 is 11.6 Å². The van der Waals surface area contributed by atoms with Crippen molar-refractivity contribution in [3.63, 3.8) is 0 Å². The Hall–Kier alpha value is -3.19. The first kappa shape index (κ1) is 18.6. The van der Waals surface area contributed by atoms with E-state index in [1.165, 1.54) is 12.1 Å². The van der Waals surface area contributed by atoms with Gasteiger partial charge in [0.25, 0.3) is 0 Å². The van der Waals surface area contributed by atoms with E-state index in [4.69, 9.17) is 27.4 Å². The van der Waals surface area contributed by atoms with Crippen molar-refractivity contribution in [3.8, 4) is 22.5 Å². The van der Waals surface area contributed by atoms with Gasteiger partial charge in [0, 0.05) is 17.8 Å². The predicted molar refractivity (Wildman–Crippen MR) is 119 cm³/mol. The van der Waals surface area contributed by atoms with E-state index in [0.29, 0.717) is 23.5 Å². The Kier molecular flexibility index (Phi) is 3.99. The Labute approximate surface area is 183 Å². The lowest BCUT2D eigenvalue weighted by molar-refractivity contribution is 0.628. The van der Waals surface area contributed by atoms with Crippen LogP contribution in [0.5, 0.6) is 0 Å². The van der Waals surface area contributed by atoms with E-state index in [2.05, 4.69) is 10.3 Å². The lowest BCUT2D eigenvalue weighted by atomic mass is 10.0. The van der Waals surface area contributed by atoms with Crippen molar-refractivity contribution < 1.29 is 4.39 Å². The van der Waals surface area contributed by atoms with Gasteiger partial charge in [-0.25, -0.2) is 18.9 Å². The van der Waals surface area contributed by atoms with Gasteiger partial charge in [0.2, 0.25) is 5.95 Å². The molecule has 1 aromatic carbocycles. The molecule has 0 bridgehead atoms. The average Bonchev–Trinajstić information content (AvgIpc) is 3.68. The van der Waals surface area contributed by atoms with Crippen LogP contribution in [0.2, 0.25) is 0 Å². The Morgan fingerprint density at radius 3 is 2.61 bits per heavy atom. The molecule has 0 unspecified atom stereocenters. The highest BCUT2D eigenvalue weighted by atomic mass is 35.5. The van der Waals surface area contributed by atoms with Crippen molar-refractivity contribution in [2.75, 3.05) is 11.1 Å². The second-order valence-electron chi connectivity index (χ2n) is 8.35. The lowest BCUT2D eigenvalue weighted by Crippen LogP contribution is -2.06. The lowest BCUT2D eigenvalue weighted by Gasteiger charge is -2.10. The number of halogens is 2. The normalized spacial score (nSPS) is 17.1. The van der Waals surface area contributed by atoms with Gasteiger partial charge in [-0.05, 0) is 73.7 Å². The van der Waals surface area contributed by atoms with Crippen LogP contribution in [-0.4, -0.2) is 25.6 Å². The minimum absolute atomic E-state index is 0.299. The number of alkyl halides is 1. The number of fused-ring (bicyclic) bond motifs is 1. The van der Waals surface area contributed by atoms with Gasteiger partial charge in [-0.15, -0.1) is 11.6 Å². The van der Waals surface area contributed by atoms with Gasteiger partial charge < -0.3 is 11.1 Å². The molecule has 6 nitrogen and oxygen atoms in total. The van der Waals surface area contributed by atoms with E-state index in [-0.39, 0.29) is 10.7 Å². The fraction of sp³-hybridized carbons (Fsp3) is 0.261. The zero-order valence-corrected chi connectivity index (χ0v) is 17.4. The van der Waals surface area contributed by atoms with Crippen molar-refractivity contribution in [2.45, 2.75) is 36.6 Å². The molecule has 4 aromatic rings. The molecule has 0 spiro atoms. The molecule has 6 rings (SSSR count). The molecule has 3 N–H and O–H groups in total. The summed E-state index contributed by atoms with van der Waals surface area (Å²) in [7, 11) is 0. The monoisotopic (exact) mass is 434 g/mol. The number of benzene rings is 1. The quantitative estimate of drug-likeness (QED) is 0.433. The van der Waals surface area contributed by atoms with Crippen molar-refractivity contribution in [2.24, 2.45) is 0 Å². The third kappa shape index (κ3) is 3.29. The second-order valence-corrected chi connectivity index (χ2v) is 9.07. The molecule has 8 heteroatoms. The zero-order chi connectivity index (χ0) is 21.2. The number of anilines is 2. The van der Waals surface area contributed by atoms with Crippen LogP contribution in [0.3, 0.4) is 0 Å². The number of nitrogens with two attached hydrogens (primary N) is 1. The maximum Gasteiger partial charge on any atom is 0.223 e. The molecule has 2 fully saturated rings. The molecule has 3 heterocycles. The summed E-state index contributed by atoms with van der Waals surface area (Å²) in [5.74, 6) is 0.788. The highest BCUT2D eigenvalue weighted by Gasteiger charge is 2.43. The van der Waals surface area contributed by atoms with Gasteiger partial charge in [-0.2, -0.15) is 5.10 Å². The first-order chi connectivity index (χ1) is 15.0. The minimum Gasteiger partial charge on any atom is -0.384 e. The minimum atomic E-state index is -0.363. The Balaban J connectivity index is 1.60. The van der Waals surface area contributed by atoms with E-state index in [1.807, 2.05) is 18.2 Å². The SMILES string of the molecule is Nc1cc(C2(Cl)CC2)cc2c(-c3ccnc(NC4CC4)n3)c(-c3ccc(F)cc3)nn12. The number of aromatic nitrogens is 4. The molecule has 0 saturated heterocycles. The molecule has 2 aliphatic rings. The molecule has 0 amide bonds. The summed E-state index contributed by atoms with van der Waals surface area (Å²) in [4.78, 5) is 8.76. The van der Waals surface area contributed by atoms with Crippen LogP contribution in [0, 0.1) is 5.82 Å². The van der Waals surface area contributed by atoms with Gasteiger partial charge in [0.05, 0.1) is 21.6 Å². The van der Waals surface area contributed by atoms with E-state index in [1.54, 1.807) is 22.8 Å². The van der Waals surface area contributed by atoms with Crippen molar-refractivity contribution in [1.29, 1.82) is 0 Å². The number of nitrogens with one attached hydrogen (secondary N) is 1. The number of nitrogen functional groups attached to an aromatic ring is 1. The number of hydrogen-bond acceptors (Lipinski definition) is 5. The van der Waals surface area contributed by atoms with E-state index < -0.39 is 0 Å². The van der Waals surface area contributed by atoms with Gasteiger partial charge in [-0.1, -0.05) is 0 Å². The molecular weight excluding hydrogens is 415 g/mol. The molecule has 2 aliphatic carbocycles. The molecule has 31 heavy (non-hydrogen) atoms. The summed E-state index contributed by atoms with van der Waals surface area (Å²) in [5, 5.41) is 8.13. The van der Waals surface area contributed by atoms with Crippen molar-refractivity contribution in [3.05, 3.63) is 60.0 Å². The second kappa shape index (κ2) is 6.65. The number of nitrogens with zero attached hydrogens (tertiary/aromatic N) is 4. The predicted octanol–water partition coefficient (Wildman–Crippen LogP) is 4.98. The summed E-state index contributed by atoms with van der Waals surface area (Å²) in [6, 6.07) is 12.5.